The Hall–Kier alpha value is -1.32. The molecule has 1 aliphatic carbocycles. The molecule has 0 spiro atoms. The van der Waals surface area contributed by atoms with E-state index in [0.29, 0.717) is 23.5 Å². The van der Waals surface area contributed by atoms with Crippen molar-refractivity contribution in [2.75, 3.05) is 6.61 Å². The number of hydrogen-bond donors (Lipinski definition) is 1. The van der Waals surface area contributed by atoms with Crippen LogP contribution in [0.4, 0.5) is 0 Å². The molecule has 1 aromatic carbocycles. The van der Waals surface area contributed by atoms with Gasteiger partial charge in [-0.1, -0.05) is 23.7 Å². The van der Waals surface area contributed by atoms with Crippen molar-refractivity contribution in [1.82, 2.24) is 4.98 Å². The highest BCUT2D eigenvalue weighted by Crippen LogP contribution is 2.34. The minimum Gasteiger partial charge on any atom is -0.378 e. The molecule has 3 rings (SSSR count). The summed E-state index contributed by atoms with van der Waals surface area (Å²) < 4.78 is 5.53. The number of aromatic amines is 1. The van der Waals surface area contributed by atoms with Crippen molar-refractivity contribution in [2.45, 2.75) is 32.3 Å². The van der Waals surface area contributed by atoms with E-state index in [1.165, 1.54) is 0 Å². The van der Waals surface area contributed by atoms with Crippen LogP contribution in [0.25, 0.3) is 10.9 Å². The van der Waals surface area contributed by atoms with E-state index in [1.54, 1.807) is 6.20 Å². The van der Waals surface area contributed by atoms with E-state index in [1.807, 2.05) is 25.1 Å². The molecule has 0 unspecified atom stereocenters. The molecule has 106 valence electrons. The molecule has 1 fully saturated rings. The van der Waals surface area contributed by atoms with Crippen molar-refractivity contribution >= 4 is 28.3 Å². The maximum atomic E-state index is 12.4. The SMILES string of the molecule is CCOC1CC(CC(=O)c2c[nH]c3c(Cl)cccc23)C1. The number of benzene rings is 1. The summed E-state index contributed by atoms with van der Waals surface area (Å²) in [5.74, 6) is 0.654. The van der Waals surface area contributed by atoms with Crippen molar-refractivity contribution in [2.24, 2.45) is 5.92 Å². The molecule has 0 bridgehead atoms. The Morgan fingerprint density at radius 3 is 3.00 bits per heavy atom. The van der Waals surface area contributed by atoms with E-state index in [2.05, 4.69) is 4.98 Å². The summed E-state index contributed by atoms with van der Waals surface area (Å²) >= 11 is 6.11. The summed E-state index contributed by atoms with van der Waals surface area (Å²) in [7, 11) is 0. The van der Waals surface area contributed by atoms with Crippen LogP contribution < -0.4 is 0 Å². The van der Waals surface area contributed by atoms with Crippen molar-refractivity contribution in [1.29, 1.82) is 0 Å². The summed E-state index contributed by atoms with van der Waals surface area (Å²) in [6.45, 7) is 2.76. The van der Waals surface area contributed by atoms with Crippen LogP contribution >= 0.6 is 11.6 Å². The van der Waals surface area contributed by atoms with Crippen LogP contribution in [0.2, 0.25) is 5.02 Å². The van der Waals surface area contributed by atoms with Crippen LogP contribution in [0.3, 0.4) is 0 Å². The maximum absolute atomic E-state index is 12.4. The summed E-state index contributed by atoms with van der Waals surface area (Å²) in [5.41, 5.74) is 1.60. The predicted molar refractivity (Wildman–Crippen MR) is 80.4 cm³/mol. The zero-order valence-electron chi connectivity index (χ0n) is 11.5. The van der Waals surface area contributed by atoms with Gasteiger partial charge in [-0.05, 0) is 31.7 Å². The third-order valence-electron chi connectivity index (χ3n) is 4.03. The van der Waals surface area contributed by atoms with Crippen LogP contribution in [-0.4, -0.2) is 23.5 Å². The molecule has 3 nitrogen and oxygen atoms in total. The molecule has 2 aromatic rings. The summed E-state index contributed by atoms with van der Waals surface area (Å²) in [6, 6.07) is 5.64. The number of nitrogens with one attached hydrogen (secondary N) is 1. The number of carbonyl (C=O) groups excluding carboxylic acids is 1. The maximum Gasteiger partial charge on any atom is 0.165 e. The largest absolute Gasteiger partial charge is 0.378 e. The molecule has 4 heteroatoms. The second kappa shape index (κ2) is 5.58. The lowest BCUT2D eigenvalue weighted by Gasteiger charge is -2.34. The minimum atomic E-state index is 0.193. The van der Waals surface area contributed by atoms with Gasteiger partial charge in [0.15, 0.2) is 5.78 Å². The first-order valence-corrected chi connectivity index (χ1v) is 7.47. The number of Topliss-reactive ketones (excluding diaryl/α,β-unsaturated/α-hetero) is 1. The van der Waals surface area contributed by atoms with E-state index >= 15 is 0 Å². The quantitative estimate of drug-likeness (QED) is 0.839. The number of halogens is 1. The lowest BCUT2D eigenvalue weighted by molar-refractivity contribution is -0.0245. The molecule has 0 amide bonds. The molecule has 1 heterocycles. The van der Waals surface area contributed by atoms with Gasteiger partial charge in [-0.2, -0.15) is 0 Å². The summed E-state index contributed by atoms with van der Waals surface area (Å²) in [5, 5.41) is 1.57. The summed E-state index contributed by atoms with van der Waals surface area (Å²) in [4.78, 5) is 15.5. The van der Waals surface area contributed by atoms with Crippen LogP contribution in [0.15, 0.2) is 24.4 Å². The molecule has 1 saturated carbocycles. The fourth-order valence-electron chi connectivity index (χ4n) is 2.93. The van der Waals surface area contributed by atoms with Crippen LogP contribution in [0, 0.1) is 5.92 Å². The first-order valence-electron chi connectivity index (χ1n) is 7.09. The highest BCUT2D eigenvalue weighted by molar-refractivity contribution is 6.35. The molecule has 0 radical (unpaired) electrons. The Kier molecular flexibility index (Phi) is 3.81. The lowest BCUT2D eigenvalue weighted by atomic mass is 9.78. The highest BCUT2D eigenvalue weighted by Gasteiger charge is 2.31. The van der Waals surface area contributed by atoms with E-state index in [4.69, 9.17) is 16.3 Å². The van der Waals surface area contributed by atoms with Gasteiger partial charge in [0, 0.05) is 30.2 Å². The molecular weight excluding hydrogens is 274 g/mol. The Morgan fingerprint density at radius 2 is 2.25 bits per heavy atom. The van der Waals surface area contributed by atoms with Gasteiger partial charge in [0.25, 0.3) is 0 Å². The second-order valence-corrected chi connectivity index (χ2v) is 5.81. The molecule has 1 aliphatic rings. The third-order valence-corrected chi connectivity index (χ3v) is 4.35. The van der Waals surface area contributed by atoms with Crippen molar-refractivity contribution in [3.8, 4) is 0 Å². The molecule has 1 N–H and O–H groups in total. The number of rotatable bonds is 5. The van der Waals surface area contributed by atoms with Gasteiger partial charge < -0.3 is 9.72 Å². The zero-order valence-corrected chi connectivity index (χ0v) is 12.2. The average Bonchev–Trinajstić information content (AvgIpc) is 2.81. The van der Waals surface area contributed by atoms with Gasteiger partial charge >= 0.3 is 0 Å². The number of H-pyrrole nitrogens is 1. The molecule has 0 saturated heterocycles. The molecule has 1 aromatic heterocycles. The topological polar surface area (TPSA) is 42.1 Å². The highest BCUT2D eigenvalue weighted by atomic mass is 35.5. The molecular formula is C16H18ClNO2. The first-order chi connectivity index (χ1) is 9.69. The Labute approximate surface area is 123 Å². The Bertz CT molecular complexity index is 628. The van der Waals surface area contributed by atoms with Gasteiger partial charge in [-0.15, -0.1) is 0 Å². The van der Waals surface area contributed by atoms with Crippen LogP contribution in [0.5, 0.6) is 0 Å². The number of fused-ring (bicyclic) bond motifs is 1. The normalized spacial score (nSPS) is 21.9. The standard InChI is InChI=1S/C16H18ClNO2/c1-2-20-11-6-10(7-11)8-15(19)13-9-18-16-12(13)4-3-5-14(16)17/h3-5,9-11,18H,2,6-8H2,1H3. The summed E-state index contributed by atoms with van der Waals surface area (Å²) in [6.07, 6.45) is 4.74. The zero-order chi connectivity index (χ0) is 14.1. The van der Waals surface area contributed by atoms with Gasteiger partial charge in [0.1, 0.15) is 0 Å². The van der Waals surface area contributed by atoms with Gasteiger partial charge in [-0.25, -0.2) is 0 Å². The van der Waals surface area contributed by atoms with E-state index in [-0.39, 0.29) is 5.78 Å². The van der Waals surface area contributed by atoms with Crippen molar-refractivity contribution in [3.05, 3.63) is 35.0 Å². The van der Waals surface area contributed by atoms with E-state index in [9.17, 15) is 4.79 Å². The van der Waals surface area contributed by atoms with E-state index < -0.39 is 0 Å². The Morgan fingerprint density at radius 1 is 1.45 bits per heavy atom. The number of ketones is 1. The lowest BCUT2D eigenvalue weighted by Crippen LogP contribution is -2.32. The fraction of sp³-hybridized carbons (Fsp3) is 0.438. The third kappa shape index (κ3) is 2.48. The first kappa shape index (κ1) is 13.7. The Balaban J connectivity index is 1.69. The van der Waals surface area contributed by atoms with Crippen LogP contribution in [-0.2, 0) is 4.74 Å². The van der Waals surface area contributed by atoms with Gasteiger partial charge in [0.05, 0.1) is 16.6 Å². The van der Waals surface area contributed by atoms with Crippen LogP contribution in [0.1, 0.15) is 36.5 Å². The van der Waals surface area contributed by atoms with Crippen molar-refractivity contribution in [3.63, 3.8) is 0 Å². The van der Waals surface area contributed by atoms with Crippen molar-refractivity contribution < 1.29 is 9.53 Å². The smallest absolute Gasteiger partial charge is 0.165 e. The van der Waals surface area contributed by atoms with Gasteiger partial charge in [-0.3, -0.25) is 4.79 Å². The number of hydrogen-bond acceptors (Lipinski definition) is 2. The molecule has 0 atom stereocenters. The number of aromatic nitrogens is 1. The number of ether oxygens (including phenoxy) is 1. The second-order valence-electron chi connectivity index (χ2n) is 5.41. The molecule has 0 aliphatic heterocycles. The number of para-hydroxylation sites is 1. The monoisotopic (exact) mass is 291 g/mol. The number of carbonyl (C=O) groups is 1. The fourth-order valence-corrected chi connectivity index (χ4v) is 3.16. The predicted octanol–water partition coefficient (Wildman–Crippen LogP) is 4.21. The minimum absolute atomic E-state index is 0.193. The van der Waals surface area contributed by atoms with Gasteiger partial charge in [0.2, 0.25) is 0 Å². The molecule has 20 heavy (non-hydrogen) atoms. The average molecular weight is 292 g/mol. The van der Waals surface area contributed by atoms with E-state index in [0.717, 1.165) is 35.9 Å².